The topological polar surface area (TPSA) is 32.3 Å². The zero-order valence-electron chi connectivity index (χ0n) is 11.0. The molecule has 0 bridgehead atoms. The third kappa shape index (κ3) is 4.12. The second-order valence-corrected chi connectivity index (χ2v) is 4.98. The van der Waals surface area contributed by atoms with Crippen LogP contribution in [0.15, 0.2) is 0 Å². The zero-order chi connectivity index (χ0) is 12.0. The molecule has 1 amide bonds. The molecule has 1 N–H and O–H groups in total. The van der Waals surface area contributed by atoms with Gasteiger partial charge in [0.2, 0.25) is 5.91 Å². The Kier molecular flexibility index (Phi) is 5.81. The van der Waals surface area contributed by atoms with E-state index >= 15 is 0 Å². The van der Waals surface area contributed by atoms with E-state index in [9.17, 15) is 4.79 Å². The van der Waals surface area contributed by atoms with Gasteiger partial charge < -0.3 is 10.2 Å². The molecule has 0 aromatic rings. The molecule has 0 saturated heterocycles. The van der Waals surface area contributed by atoms with Gasteiger partial charge in [-0.3, -0.25) is 4.79 Å². The van der Waals surface area contributed by atoms with E-state index in [-0.39, 0.29) is 5.91 Å². The van der Waals surface area contributed by atoms with Gasteiger partial charge in [0.1, 0.15) is 0 Å². The van der Waals surface area contributed by atoms with Gasteiger partial charge in [-0.25, -0.2) is 0 Å². The van der Waals surface area contributed by atoms with Crippen molar-refractivity contribution in [3.8, 4) is 0 Å². The highest BCUT2D eigenvalue weighted by molar-refractivity contribution is 5.77. The lowest BCUT2D eigenvalue weighted by molar-refractivity contribution is -0.128. The molecule has 1 atom stereocenters. The Morgan fingerprint density at radius 1 is 1.38 bits per heavy atom. The maximum absolute atomic E-state index is 11.6. The minimum absolute atomic E-state index is 0.199. The number of carbonyl (C=O) groups is 1. The molecular formula is C13H26N2O. The minimum Gasteiger partial charge on any atom is -0.345 e. The SMILES string of the molecule is CCN(C)C(=O)CN[C@@H](C)C1CCCCC1. The highest BCUT2D eigenvalue weighted by Gasteiger charge is 2.20. The fourth-order valence-electron chi connectivity index (χ4n) is 2.36. The molecule has 1 fully saturated rings. The summed E-state index contributed by atoms with van der Waals surface area (Å²) in [4.78, 5) is 13.4. The average molecular weight is 226 g/mol. The number of hydrogen-bond donors (Lipinski definition) is 1. The summed E-state index contributed by atoms with van der Waals surface area (Å²) >= 11 is 0. The maximum Gasteiger partial charge on any atom is 0.236 e. The highest BCUT2D eigenvalue weighted by Crippen LogP contribution is 2.26. The summed E-state index contributed by atoms with van der Waals surface area (Å²) in [6, 6.07) is 0.481. The van der Waals surface area contributed by atoms with Crippen molar-refractivity contribution < 1.29 is 4.79 Å². The Hall–Kier alpha value is -0.570. The van der Waals surface area contributed by atoms with Gasteiger partial charge in [-0.05, 0) is 32.6 Å². The summed E-state index contributed by atoms with van der Waals surface area (Å²) in [6.07, 6.45) is 6.76. The van der Waals surface area contributed by atoms with Gasteiger partial charge in [-0.2, -0.15) is 0 Å². The molecule has 1 saturated carbocycles. The molecule has 0 aromatic carbocycles. The Balaban J connectivity index is 2.23. The first-order valence-corrected chi connectivity index (χ1v) is 6.62. The molecule has 0 aliphatic heterocycles. The summed E-state index contributed by atoms with van der Waals surface area (Å²) in [6.45, 7) is 5.50. The summed E-state index contributed by atoms with van der Waals surface area (Å²) in [5.41, 5.74) is 0. The lowest BCUT2D eigenvalue weighted by Gasteiger charge is -2.28. The molecule has 3 nitrogen and oxygen atoms in total. The van der Waals surface area contributed by atoms with E-state index in [2.05, 4.69) is 12.2 Å². The Bertz CT molecular complexity index is 212. The second-order valence-electron chi connectivity index (χ2n) is 4.98. The molecule has 0 radical (unpaired) electrons. The van der Waals surface area contributed by atoms with Crippen LogP contribution >= 0.6 is 0 Å². The minimum atomic E-state index is 0.199. The van der Waals surface area contributed by atoms with E-state index in [0.717, 1.165) is 12.5 Å². The number of carbonyl (C=O) groups excluding carboxylic acids is 1. The molecule has 0 spiro atoms. The van der Waals surface area contributed by atoms with Crippen molar-refractivity contribution in [2.24, 2.45) is 5.92 Å². The normalized spacial score (nSPS) is 19.4. The first kappa shape index (κ1) is 13.5. The van der Waals surface area contributed by atoms with Gasteiger partial charge in [0.15, 0.2) is 0 Å². The van der Waals surface area contributed by atoms with E-state index < -0.39 is 0 Å². The van der Waals surface area contributed by atoms with Crippen molar-refractivity contribution in [2.45, 2.75) is 52.0 Å². The fraction of sp³-hybridized carbons (Fsp3) is 0.923. The molecular weight excluding hydrogens is 200 g/mol. The lowest BCUT2D eigenvalue weighted by Crippen LogP contribution is -2.42. The van der Waals surface area contributed by atoms with Gasteiger partial charge in [-0.1, -0.05) is 19.3 Å². The quantitative estimate of drug-likeness (QED) is 0.778. The van der Waals surface area contributed by atoms with E-state index in [1.807, 2.05) is 14.0 Å². The van der Waals surface area contributed by atoms with Crippen LogP contribution in [-0.4, -0.2) is 37.0 Å². The van der Waals surface area contributed by atoms with Crippen LogP contribution in [0.25, 0.3) is 0 Å². The van der Waals surface area contributed by atoms with Crippen molar-refractivity contribution in [1.82, 2.24) is 10.2 Å². The number of amides is 1. The van der Waals surface area contributed by atoms with Gasteiger partial charge in [0.05, 0.1) is 6.54 Å². The number of hydrogen-bond acceptors (Lipinski definition) is 2. The van der Waals surface area contributed by atoms with Crippen molar-refractivity contribution in [3.63, 3.8) is 0 Å². The van der Waals surface area contributed by atoms with Crippen LogP contribution < -0.4 is 5.32 Å². The summed E-state index contributed by atoms with van der Waals surface area (Å²) in [5, 5.41) is 3.38. The Morgan fingerprint density at radius 2 is 2.00 bits per heavy atom. The van der Waals surface area contributed by atoms with E-state index in [4.69, 9.17) is 0 Å². The summed E-state index contributed by atoms with van der Waals surface area (Å²) in [7, 11) is 1.86. The van der Waals surface area contributed by atoms with Gasteiger partial charge >= 0.3 is 0 Å². The second kappa shape index (κ2) is 6.89. The molecule has 16 heavy (non-hydrogen) atoms. The molecule has 94 valence electrons. The number of nitrogens with one attached hydrogen (secondary N) is 1. The average Bonchev–Trinajstić information content (AvgIpc) is 2.35. The molecule has 1 aliphatic rings. The maximum atomic E-state index is 11.6. The monoisotopic (exact) mass is 226 g/mol. The lowest BCUT2D eigenvalue weighted by atomic mass is 9.84. The third-order valence-electron chi connectivity index (χ3n) is 3.83. The molecule has 0 aromatic heterocycles. The Labute approximate surface area is 99.6 Å². The molecule has 0 unspecified atom stereocenters. The van der Waals surface area contributed by atoms with Crippen molar-refractivity contribution in [2.75, 3.05) is 20.1 Å². The Morgan fingerprint density at radius 3 is 2.56 bits per heavy atom. The van der Waals surface area contributed by atoms with Gasteiger partial charge in [0, 0.05) is 19.6 Å². The first-order valence-electron chi connectivity index (χ1n) is 6.62. The standard InChI is InChI=1S/C13H26N2O/c1-4-15(3)13(16)10-14-11(2)12-8-6-5-7-9-12/h11-12,14H,4-10H2,1-3H3/t11-/m0/s1. The van der Waals surface area contributed by atoms with E-state index in [1.165, 1.54) is 32.1 Å². The number of likely N-dealkylation sites (N-methyl/N-ethyl adjacent to an activating group) is 1. The van der Waals surface area contributed by atoms with Crippen molar-refractivity contribution >= 4 is 5.91 Å². The fourth-order valence-corrected chi connectivity index (χ4v) is 2.36. The van der Waals surface area contributed by atoms with Gasteiger partial charge in [0.25, 0.3) is 0 Å². The van der Waals surface area contributed by atoms with E-state index in [0.29, 0.717) is 12.6 Å². The summed E-state index contributed by atoms with van der Waals surface area (Å²) < 4.78 is 0. The molecule has 0 heterocycles. The van der Waals surface area contributed by atoms with Crippen molar-refractivity contribution in [3.05, 3.63) is 0 Å². The van der Waals surface area contributed by atoms with Crippen LogP contribution in [0, 0.1) is 5.92 Å². The van der Waals surface area contributed by atoms with Crippen LogP contribution in [0.3, 0.4) is 0 Å². The number of nitrogens with zero attached hydrogens (tertiary/aromatic N) is 1. The van der Waals surface area contributed by atoms with Gasteiger partial charge in [-0.15, -0.1) is 0 Å². The molecule has 1 aliphatic carbocycles. The van der Waals surface area contributed by atoms with Crippen molar-refractivity contribution in [1.29, 1.82) is 0 Å². The third-order valence-corrected chi connectivity index (χ3v) is 3.83. The van der Waals surface area contributed by atoms with Crippen LogP contribution in [0.1, 0.15) is 46.0 Å². The largest absolute Gasteiger partial charge is 0.345 e. The molecule has 3 heteroatoms. The predicted octanol–water partition coefficient (Wildman–Crippen LogP) is 2.02. The van der Waals surface area contributed by atoms with E-state index in [1.54, 1.807) is 4.90 Å². The number of rotatable bonds is 5. The zero-order valence-corrected chi connectivity index (χ0v) is 11.0. The van der Waals surface area contributed by atoms with Crippen LogP contribution in [0.4, 0.5) is 0 Å². The summed E-state index contributed by atoms with van der Waals surface area (Å²) in [5.74, 6) is 0.971. The first-order chi connectivity index (χ1) is 7.65. The highest BCUT2D eigenvalue weighted by atomic mass is 16.2. The van der Waals surface area contributed by atoms with Crippen LogP contribution in [0.5, 0.6) is 0 Å². The van der Waals surface area contributed by atoms with Crippen LogP contribution in [-0.2, 0) is 4.79 Å². The smallest absolute Gasteiger partial charge is 0.236 e. The van der Waals surface area contributed by atoms with Crippen LogP contribution in [0.2, 0.25) is 0 Å². The predicted molar refractivity (Wildman–Crippen MR) is 67.4 cm³/mol. The molecule has 1 rings (SSSR count).